The topological polar surface area (TPSA) is 53.9 Å². The highest BCUT2D eigenvalue weighted by atomic mass is 127. The number of esters is 1. The molecule has 0 atom stereocenters. The van der Waals surface area contributed by atoms with Crippen molar-refractivity contribution in [2.75, 3.05) is 26.7 Å². The molecule has 26 heavy (non-hydrogen) atoms. The molecule has 0 amide bonds. The van der Waals surface area contributed by atoms with Crippen molar-refractivity contribution in [2.24, 2.45) is 4.99 Å². The summed E-state index contributed by atoms with van der Waals surface area (Å²) in [5.74, 6) is 0.486. The summed E-state index contributed by atoms with van der Waals surface area (Å²) in [6.07, 6.45) is 4.28. The molecule has 1 saturated heterocycles. The first-order chi connectivity index (χ1) is 11.9. The van der Waals surface area contributed by atoms with Crippen molar-refractivity contribution < 1.29 is 9.53 Å². The van der Waals surface area contributed by atoms with E-state index < -0.39 is 5.60 Å². The minimum Gasteiger partial charge on any atom is -0.459 e. The molecule has 0 spiro atoms. The number of nitrogens with one attached hydrogen (secondary N) is 1. The van der Waals surface area contributed by atoms with Gasteiger partial charge in [-0.25, -0.2) is 0 Å². The highest BCUT2D eigenvalue weighted by molar-refractivity contribution is 14.0. The van der Waals surface area contributed by atoms with Crippen molar-refractivity contribution in [3.63, 3.8) is 0 Å². The van der Waals surface area contributed by atoms with Crippen LogP contribution in [0.4, 0.5) is 0 Å². The number of piperidine rings is 1. The molecule has 0 unspecified atom stereocenters. The van der Waals surface area contributed by atoms with E-state index in [1.165, 1.54) is 11.1 Å². The number of carbonyl (C=O) groups excluding carboxylic acids is 1. The number of aliphatic imine (C=N–C) groups is 1. The van der Waals surface area contributed by atoms with Crippen LogP contribution in [-0.4, -0.2) is 49.1 Å². The van der Waals surface area contributed by atoms with Gasteiger partial charge in [0.05, 0.1) is 0 Å². The number of carbonyl (C=O) groups is 1. The van der Waals surface area contributed by atoms with Crippen LogP contribution < -0.4 is 5.32 Å². The summed E-state index contributed by atoms with van der Waals surface area (Å²) in [6, 6.07) is 10.4. The zero-order chi connectivity index (χ0) is 18.3. The predicted octanol–water partition coefficient (Wildman–Crippen LogP) is 3.70. The normalized spacial score (nSPS) is 15.2. The summed E-state index contributed by atoms with van der Waals surface area (Å²) in [7, 11) is 1.74. The van der Waals surface area contributed by atoms with E-state index in [0.29, 0.717) is 0 Å². The number of hydrogen-bond donors (Lipinski definition) is 1. The van der Waals surface area contributed by atoms with Crippen LogP contribution in [0.5, 0.6) is 0 Å². The Balaban J connectivity index is 0.00000338. The molecule has 1 aliphatic heterocycles. The average molecular weight is 471 g/mol. The van der Waals surface area contributed by atoms with E-state index in [4.69, 9.17) is 4.74 Å². The third-order valence-corrected chi connectivity index (χ3v) is 3.90. The lowest BCUT2D eigenvalue weighted by molar-refractivity contribution is -0.153. The van der Waals surface area contributed by atoms with Gasteiger partial charge in [-0.1, -0.05) is 42.0 Å². The Morgan fingerprint density at radius 2 is 1.85 bits per heavy atom. The van der Waals surface area contributed by atoms with Crippen LogP contribution in [0.2, 0.25) is 0 Å². The number of halogens is 1. The maximum Gasteiger partial charge on any atom is 0.325 e. The number of ether oxygens (including phenoxy) is 1. The van der Waals surface area contributed by atoms with Crippen molar-refractivity contribution in [3.05, 3.63) is 41.5 Å². The van der Waals surface area contributed by atoms with E-state index in [1.807, 2.05) is 26.8 Å². The van der Waals surface area contributed by atoms with Gasteiger partial charge in [-0.15, -0.1) is 24.0 Å². The quantitative estimate of drug-likeness (QED) is 0.316. The maximum absolute atomic E-state index is 11.8. The standard InChI is InChI=1S/C20H29N3O2.HI/c1-20(2,3)25-18(24)15-22-19(21-4)23-12-10-17(11-13-23)14-16-8-6-5-7-9-16;/h5-9,14H,10-13,15H2,1-4H3,(H,21,22);1H. The lowest BCUT2D eigenvalue weighted by Gasteiger charge is -2.31. The van der Waals surface area contributed by atoms with E-state index in [1.54, 1.807) is 7.05 Å². The molecule has 1 aromatic rings. The van der Waals surface area contributed by atoms with E-state index in [-0.39, 0.29) is 36.5 Å². The molecule has 1 N–H and O–H groups in total. The summed E-state index contributed by atoms with van der Waals surface area (Å²) < 4.78 is 5.32. The van der Waals surface area contributed by atoms with Crippen molar-refractivity contribution in [1.29, 1.82) is 0 Å². The van der Waals surface area contributed by atoms with E-state index in [9.17, 15) is 4.79 Å². The zero-order valence-electron chi connectivity index (χ0n) is 16.1. The molecule has 0 aromatic heterocycles. The summed E-state index contributed by atoms with van der Waals surface area (Å²) in [4.78, 5) is 18.3. The van der Waals surface area contributed by atoms with Crippen LogP contribution >= 0.6 is 24.0 Å². The number of rotatable bonds is 3. The minimum atomic E-state index is -0.468. The fraction of sp³-hybridized carbons (Fsp3) is 0.500. The first-order valence-electron chi connectivity index (χ1n) is 8.79. The van der Waals surface area contributed by atoms with Gasteiger partial charge in [-0.3, -0.25) is 9.79 Å². The number of benzene rings is 1. The first kappa shape index (κ1) is 22.5. The van der Waals surface area contributed by atoms with Gasteiger partial charge >= 0.3 is 5.97 Å². The average Bonchev–Trinajstić information content (AvgIpc) is 2.56. The third-order valence-electron chi connectivity index (χ3n) is 3.90. The second-order valence-electron chi connectivity index (χ2n) is 7.19. The third kappa shape index (κ3) is 7.76. The Kier molecular flexibility index (Phi) is 9.12. The van der Waals surface area contributed by atoms with Crippen molar-refractivity contribution >= 4 is 42.0 Å². The van der Waals surface area contributed by atoms with Crippen LogP contribution in [0.15, 0.2) is 40.9 Å². The fourth-order valence-corrected chi connectivity index (χ4v) is 2.80. The Hall–Kier alpha value is -1.57. The fourth-order valence-electron chi connectivity index (χ4n) is 2.80. The zero-order valence-corrected chi connectivity index (χ0v) is 18.4. The van der Waals surface area contributed by atoms with Crippen molar-refractivity contribution in [1.82, 2.24) is 10.2 Å². The number of nitrogens with zero attached hydrogens (tertiary/aromatic N) is 2. The molecule has 0 saturated carbocycles. The van der Waals surface area contributed by atoms with Crippen LogP contribution in [0.25, 0.3) is 6.08 Å². The summed E-state index contributed by atoms with van der Waals surface area (Å²) in [6.45, 7) is 7.52. The smallest absolute Gasteiger partial charge is 0.325 e. The lowest BCUT2D eigenvalue weighted by atomic mass is 10.0. The van der Waals surface area contributed by atoms with Crippen molar-refractivity contribution in [3.8, 4) is 0 Å². The molecule has 1 heterocycles. The molecule has 1 aromatic carbocycles. The van der Waals surface area contributed by atoms with Gasteiger partial charge in [-0.05, 0) is 39.2 Å². The van der Waals surface area contributed by atoms with Gasteiger partial charge in [0.2, 0.25) is 0 Å². The molecular weight excluding hydrogens is 441 g/mol. The monoisotopic (exact) mass is 471 g/mol. The van der Waals surface area contributed by atoms with Crippen molar-refractivity contribution in [2.45, 2.75) is 39.2 Å². The molecule has 2 rings (SSSR count). The molecule has 5 nitrogen and oxygen atoms in total. The molecule has 0 radical (unpaired) electrons. The highest BCUT2D eigenvalue weighted by Crippen LogP contribution is 2.19. The Morgan fingerprint density at radius 1 is 1.23 bits per heavy atom. The molecule has 1 fully saturated rings. The van der Waals surface area contributed by atoms with Crippen LogP contribution in [0.1, 0.15) is 39.2 Å². The van der Waals surface area contributed by atoms with Gasteiger partial charge in [0.25, 0.3) is 0 Å². The van der Waals surface area contributed by atoms with E-state index in [2.05, 4.69) is 45.6 Å². The second kappa shape index (κ2) is 10.5. The van der Waals surface area contributed by atoms with Gasteiger partial charge in [0.15, 0.2) is 5.96 Å². The van der Waals surface area contributed by atoms with Gasteiger partial charge in [-0.2, -0.15) is 0 Å². The van der Waals surface area contributed by atoms with Gasteiger partial charge < -0.3 is 15.0 Å². The van der Waals surface area contributed by atoms with Gasteiger partial charge in [0, 0.05) is 20.1 Å². The predicted molar refractivity (Wildman–Crippen MR) is 118 cm³/mol. The first-order valence-corrected chi connectivity index (χ1v) is 8.79. The largest absolute Gasteiger partial charge is 0.459 e. The molecule has 0 aliphatic carbocycles. The number of guanidine groups is 1. The van der Waals surface area contributed by atoms with E-state index in [0.717, 1.165) is 31.9 Å². The van der Waals surface area contributed by atoms with Gasteiger partial charge in [0.1, 0.15) is 12.1 Å². The molecular formula is C20H30IN3O2. The van der Waals surface area contributed by atoms with Crippen LogP contribution in [0, 0.1) is 0 Å². The van der Waals surface area contributed by atoms with Crippen LogP contribution in [-0.2, 0) is 9.53 Å². The molecule has 144 valence electrons. The number of hydrogen-bond acceptors (Lipinski definition) is 3. The summed E-state index contributed by atoms with van der Waals surface area (Å²) in [5, 5.41) is 3.11. The summed E-state index contributed by atoms with van der Waals surface area (Å²) >= 11 is 0. The second-order valence-corrected chi connectivity index (χ2v) is 7.19. The molecule has 0 bridgehead atoms. The summed E-state index contributed by atoms with van der Waals surface area (Å²) in [5.41, 5.74) is 2.23. The number of likely N-dealkylation sites (tertiary alicyclic amines) is 1. The molecule has 1 aliphatic rings. The Morgan fingerprint density at radius 3 is 2.38 bits per heavy atom. The minimum absolute atomic E-state index is 0. The maximum atomic E-state index is 11.8. The SMILES string of the molecule is CN=C(NCC(=O)OC(C)(C)C)N1CCC(=Cc2ccccc2)CC1.I. The Labute approximate surface area is 173 Å². The lowest BCUT2D eigenvalue weighted by Crippen LogP contribution is -2.46. The molecule has 6 heteroatoms. The highest BCUT2D eigenvalue weighted by Gasteiger charge is 2.20. The van der Waals surface area contributed by atoms with Crippen LogP contribution in [0.3, 0.4) is 0 Å². The van der Waals surface area contributed by atoms with E-state index >= 15 is 0 Å². The Bertz CT molecular complexity index is 626.